The van der Waals surface area contributed by atoms with Gasteiger partial charge in [-0.05, 0) is 55.0 Å². The van der Waals surface area contributed by atoms with Gasteiger partial charge in [0, 0.05) is 10.7 Å². The molecule has 0 aromatic heterocycles. The molecule has 1 N–H and O–H groups in total. The lowest BCUT2D eigenvalue weighted by molar-refractivity contribution is -0.130. The lowest BCUT2D eigenvalue weighted by atomic mass is 10.1. The molecule has 1 aliphatic rings. The summed E-state index contributed by atoms with van der Waals surface area (Å²) in [7, 11) is 0. The molecule has 5 nitrogen and oxygen atoms in total. The zero-order chi connectivity index (χ0) is 18.0. The largest absolute Gasteiger partial charge is 0.301 e. The molecule has 126 valence electrons. The molecular weight excluding hydrogens is 402 g/mol. The number of halogens is 1. The van der Waals surface area contributed by atoms with E-state index in [0.717, 1.165) is 10.0 Å². The standard InChI is InChI=1S/C18H14BrN3O2S/c1-11-4-2-3-5-15(11)20-10-14-16(23)21-18(25)22(17(14)24)13-8-6-12(19)7-9-13/h2-10,14H,1H3,(H,21,23,25)/t14-/m0/s1. The average molecular weight is 416 g/mol. The molecular formula is C18H14BrN3O2S. The Morgan fingerprint density at radius 1 is 1.16 bits per heavy atom. The number of amides is 2. The van der Waals surface area contributed by atoms with Crippen LogP contribution in [0.15, 0.2) is 58.0 Å². The van der Waals surface area contributed by atoms with Crippen molar-refractivity contribution >= 4 is 62.7 Å². The molecule has 7 heteroatoms. The van der Waals surface area contributed by atoms with Gasteiger partial charge in [0.15, 0.2) is 11.0 Å². The van der Waals surface area contributed by atoms with Crippen LogP contribution in [0.3, 0.4) is 0 Å². The fourth-order valence-corrected chi connectivity index (χ4v) is 2.98. The van der Waals surface area contributed by atoms with Gasteiger partial charge in [-0.25, -0.2) is 0 Å². The van der Waals surface area contributed by atoms with Crippen molar-refractivity contribution in [3.63, 3.8) is 0 Å². The van der Waals surface area contributed by atoms with Crippen molar-refractivity contribution in [3.05, 3.63) is 58.6 Å². The minimum absolute atomic E-state index is 0.0675. The van der Waals surface area contributed by atoms with Crippen LogP contribution in [0.4, 0.5) is 11.4 Å². The lowest BCUT2D eigenvalue weighted by Crippen LogP contribution is -2.58. The molecule has 1 atom stereocenters. The SMILES string of the molecule is Cc1ccccc1N=C[C@H]1C(=O)NC(=S)N(c2ccc(Br)cc2)C1=O. The fraction of sp³-hybridized carbons (Fsp3) is 0.111. The maximum atomic E-state index is 12.8. The number of aryl methyl sites for hydroxylation is 1. The molecule has 0 saturated carbocycles. The molecule has 1 fully saturated rings. The molecule has 0 spiro atoms. The van der Waals surface area contributed by atoms with Crippen LogP contribution in [0.5, 0.6) is 0 Å². The summed E-state index contributed by atoms with van der Waals surface area (Å²) in [6.45, 7) is 1.92. The van der Waals surface area contributed by atoms with Crippen molar-refractivity contribution < 1.29 is 9.59 Å². The molecule has 2 aromatic rings. The number of nitrogens with zero attached hydrogens (tertiary/aromatic N) is 2. The predicted molar refractivity (Wildman–Crippen MR) is 105 cm³/mol. The summed E-state index contributed by atoms with van der Waals surface area (Å²) < 4.78 is 0.883. The second-order valence-electron chi connectivity index (χ2n) is 5.49. The van der Waals surface area contributed by atoms with Gasteiger partial charge in [0.25, 0.3) is 5.91 Å². The number of carbonyl (C=O) groups is 2. The molecule has 0 bridgehead atoms. The first-order valence-corrected chi connectivity index (χ1v) is 8.71. The Kier molecular flexibility index (Phi) is 5.06. The van der Waals surface area contributed by atoms with Crippen LogP contribution in [0.2, 0.25) is 0 Å². The summed E-state index contributed by atoms with van der Waals surface area (Å²) in [6, 6.07) is 14.6. The van der Waals surface area contributed by atoms with Crippen molar-refractivity contribution in [2.45, 2.75) is 6.92 Å². The Hall–Kier alpha value is -2.38. The number of anilines is 1. The van der Waals surface area contributed by atoms with Gasteiger partial charge in [-0.15, -0.1) is 0 Å². The summed E-state index contributed by atoms with van der Waals surface area (Å²) in [5.41, 5.74) is 2.27. The molecule has 3 rings (SSSR count). The first-order chi connectivity index (χ1) is 12.0. The van der Waals surface area contributed by atoms with E-state index < -0.39 is 17.7 Å². The lowest BCUT2D eigenvalue weighted by Gasteiger charge is -2.30. The number of carbonyl (C=O) groups excluding carboxylic acids is 2. The van der Waals surface area contributed by atoms with Gasteiger partial charge in [-0.1, -0.05) is 34.1 Å². The normalized spacial score (nSPS) is 17.9. The zero-order valence-corrected chi connectivity index (χ0v) is 15.7. The number of thiocarbonyl (C=S) groups is 1. The number of aliphatic imine (C=N–C) groups is 1. The highest BCUT2D eigenvalue weighted by atomic mass is 79.9. The minimum Gasteiger partial charge on any atom is -0.301 e. The highest BCUT2D eigenvalue weighted by Gasteiger charge is 2.38. The van der Waals surface area contributed by atoms with Crippen LogP contribution >= 0.6 is 28.1 Å². The van der Waals surface area contributed by atoms with Crippen LogP contribution in [-0.2, 0) is 9.59 Å². The molecule has 1 aliphatic heterocycles. The van der Waals surface area contributed by atoms with Gasteiger partial charge in [0.2, 0.25) is 5.91 Å². The summed E-state index contributed by atoms with van der Waals surface area (Å²) in [5.74, 6) is -1.93. The van der Waals surface area contributed by atoms with Crippen LogP contribution in [0.25, 0.3) is 0 Å². The molecule has 2 amide bonds. The van der Waals surface area contributed by atoms with Gasteiger partial charge in [0.05, 0.1) is 11.4 Å². The van der Waals surface area contributed by atoms with E-state index >= 15 is 0 Å². The molecule has 1 saturated heterocycles. The molecule has 1 heterocycles. The maximum Gasteiger partial charge on any atom is 0.251 e. The van der Waals surface area contributed by atoms with Crippen LogP contribution in [-0.4, -0.2) is 23.1 Å². The van der Waals surface area contributed by atoms with Gasteiger partial charge in [-0.2, -0.15) is 0 Å². The Bertz CT molecular complexity index is 880. The number of rotatable bonds is 3. The Balaban J connectivity index is 1.90. The van der Waals surface area contributed by atoms with E-state index in [9.17, 15) is 9.59 Å². The topological polar surface area (TPSA) is 61.8 Å². The second kappa shape index (κ2) is 7.25. The van der Waals surface area contributed by atoms with Crippen molar-refractivity contribution in [2.75, 3.05) is 4.90 Å². The van der Waals surface area contributed by atoms with E-state index in [1.807, 2.05) is 31.2 Å². The molecule has 0 radical (unpaired) electrons. The van der Waals surface area contributed by atoms with E-state index in [2.05, 4.69) is 26.2 Å². The monoisotopic (exact) mass is 415 g/mol. The van der Waals surface area contributed by atoms with E-state index in [4.69, 9.17) is 12.2 Å². The third kappa shape index (κ3) is 3.67. The van der Waals surface area contributed by atoms with E-state index in [1.54, 1.807) is 24.3 Å². The van der Waals surface area contributed by atoms with Gasteiger partial charge in [-0.3, -0.25) is 19.5 Å². The van der Waals surface area contributed by atoms with Gasteiger partial charge in [0.1, 0.15) is 0 Å². The number of hydrogen-bond donors (Lipinski definition) is 1. The first-order valence-electron chi connectivity index (χ1n) is 7.51. The third-order valence-electron chi connectivity index (χ3n) is 3.77. The maximum absolute atomic E-state index is 12.8. The van der Waals surface area contributed by atoms with Crippen LogP contribution in [0.1, 0.15) is 5.56 Å². The Morgan fingerprint density at radius 2 is 1.84 bits per heavy atom. The van der Waals surface area contributed by atoms with Crippen LogP contribution in [0, 0.1) is 12.8 Å². The van der Waals surface area contributed by atoms with Gasteiger partial charge < -0.3 is 5.32 Å². The highest BCUT2D eigenvalue weighted by Crippen LogP contribution is 2.23. The summed E-state index contributed by atoms with van der Waals surface area (Å²) >= 11 is 8.52. The van der Waals surface area contributed by atoms with Crippen LogP contribution < -0.4 is 10.2 Å². The van der Waals surface area contributed by atoms with E-state index in [0.29, 0.717) is 11.4 Å². The number of hydrogen-bond acceptors (Lipinski definition) is 4. The number of para-hydroxylation sites is 1. The predicted octanol–water partition coefficient (Wildman–Crippen LogP) is 3.52. The quantitative estimate of drug-likeness (QED) is 0.473. The summed E-state index contributed by atoms with van der Waals surface area (Å²) in [4.78, 5) is 30.7. The second-order valence-corrected chi connectivity index (χ2v) is 6.79. The fourth-order valence-electron chi connectivity index (χ4n) is 2.42. The average Bonchev–Trinajstić information content (AvgIpc) is 2.57. The smallest absolute Gasteiger partial charge is 0.251 e. The number of benzene rings is 2. The highest BCUT2D eigenvalue weighted by molar-refractivity contribution is 9.10. The molecule has 0 unspecified atom stereocenters. The van der Waals surface area contributed by atoms with Crippen molar-refractivity contribution in [1.29, 1.82) is 0 Å². The first kappa shape index (κ1) is 17.4. The van der Waals surface area contributed by atoms with Crippen molar-refractivity contribution in [3.8, 4) is 0 Å². The van der Waals surface area contributed by atoms with Crippen molar-refractivity contribution in [1.82, 2.24) is 5.32 Å². The molecule has 0 aliphatic carbocycles. The summed E-state index contributed by atoms with van der Waals surface area (Å²) in [5, 5.41) is 2.64. The Labute approximate surface area is 158 Å². The van der Waals surface area contributed by atoms with E-state index in [1.165, 1.54) is 11.1 Å². The van der Waals surface area contributed by atoms with Gasteiger partial charge >= 0.3 is 0 Å². The van der Waals surface area contributed by atoms with Crippen molar-refractivity contribution in [2.24, 2.45) is 10.9 Å². The zero-order valence-electron chi connectivity index (χ0n) is 13.3. The third-order valence-corrected chi connectivity index (χ3v) is 4.58. The molecule has 2 aromatic carbocycles. The number of nitrogens with one attached hydrogen (secondary N) is 1. The molecule has 25 heavy (non-hydrogen) atoms. The summed E-state index contributed by atoms with van der Waals surface area (Å²) in [6.07, 6.45) is 1.37. The van der Waals surface area contributed by atoms with E-state index in [-0.39, 0.29) is 5.11 Å². The Morgan fingerprint density at radius 3 is 2.52 bits per heavy atom. The minimum atomic E-state index is -1.03.